The second-order valence-electron chi connectivity index (χ2n) is 6.33. The molecule has 1 fully saturated rings. The summed E-state index contributed by atoms with van der Waals surface area (Å²) >= 11 is 7.90. The zero-order valence-electron chi connectivity index (χ0n) is 15.8. The van der Waals surface area contributed by atoms with E-state index in [2.05, 4.69) is 0 Å². The van der Waals surface area contributed by atoms with Gasteiger partial charge in [-0.05, 0) is 36.8 Å². The summed E-state index contributed by atoms with van der Waals surface area (Å²) in [4.78, 5) is 27.6. The number of carbonyl (C=O) groups excluding carboxylic acids is 2. The summed E-state index contributed by atoms with van der Waals surface area (Å²) in [6.07, 6.45) is 0.728. The first-order valence-corrected chi connectivity index (χ1v) is 10.5. The molecule has 28 heavy (non-hydrogen) atoms. The van der Waals surface area contributed by atoms with E-state index in [1.807, 2.05) is 25.1 Å². The van der Waals surface area contributed by atoms with Crippen molar-refractivity contribution in [3.8, 4) is 5.75 Å². The van der Waals surface area contributed by atoms with E-state index in [9.17, 15) is 9.59 Å². The third-order valence-electron chi connectivity index (χ3n) is 4.46. The zero-order valence-corrected chi connectivity index (χ0v) is 17.3. The van der Waals surface area contributed by atoms with E-state index >= 15 is 0 Å². The molecule has 148 valence electrons. The van der Waals surface area contributed by atoms with Gasteiger partial charge in [0.2, 0.25) is 0 Å². The number of hydrogen-bond donors (Lipinski definition) is 0. The van der Waals surface area contributed by atoms with Gasteiger partial charge in [0.1, 0.15) is 17.2 Å². The molecule has 1 aliphatic heterocycles. The highest BCUT2D eigenvalue weighted by atomic mass is 35.5. The van der Waals surface area contributed by atoms with Crippen LogP contribution in [0.2, 0.25) is 5.02 Å². The van der Waals surface area contributed by atoms with Crippen molar-refractivity contribution in [3.63, 3.8) is 0 Å². The molecule has 0 aromatic heterocycles. The van der Waals surface area contributed by atoms with Crippen LogP contribution in [0.4, 0.5) is 0 Å². The van der Waals surface area contributed by atoms with E-state index in [4.69, 9.17) is 21.1 Å². The molecule has 1 saturated heterocycles. The number of carbonyl (C=O) groups is 2. The van der Waals surface area contributed by atoms with Crippen LogP contribution >= 0.6 is 23.4 Å². The summed E-state index contributed by atoms with van der Waals surface area (Å²) in [5.41, 5.74) is 1.29. The number of esters is 1. The van der Waals surface area contributed by atoms with E-state index in [-0.39, 0.29) is 17.3 Å². The van der Waals surface area contributed by atoms with E-state index in [1.165, 1.54) is 11.8 Å². The molecule has 3 rings (SSSR count). The largest absolute Gasteiger partial charge is 0.497 e. The van der Waals surface area contributed by atoms with Gasteiger partial charge in [0.05, 0.1) is 13.7 Å². The summed E-state index contributed by atoms with van der Waals surface area (Å²) < 4.78 is 10.5. The van der Waals surface area contributed by atoms with Crippen LogP contribution < -0.4 is 4.74 Å². The molecule has 0 radical (unpaired) electrons. The molecule has 0 N–H and O–H groups in total. The van der Waals surface area contributed by atoms with Crippen molar-refractivity contribution >= 4 is 35.2 Å². The third kappa shape index (κ3) is 4.28. The minimum absolute atomic E-state index is 0.240. The lowest BCUT2D eigenvalue weighted by Gasteiger charge is -2.29. The van der Waals surface area contributed by atoms with Crippen molar-refractivity contribution in [3.05, 3.63) is 64.7 Å². The number of thioether (sulfide) groups is 1. The molecule has 0 unspecified atom stereocenters. The first-order valence-electron chi connectivity index (χ1n) is 9.06. The maximum Gasteiger partial charge on any atom is 0.329 e. The van der Waals surface area contributed by atoms with Crippen LogP contribution in [0.15, 0.2) is 48.5 Å². The Morgan fingerprint density at radius 2 is 1.89 bits per heavy atom. The Labute approximate surface area is 174 Å². The highest BCUT2D eigenvalue weighted by Gasteiger charge is 2.44. The normalized spacial score (nSPS) is 18.8. The molecule has 0 aliphatic carbocycles. The van der Waals surface area contributed by atoms with Crippen molar-refractivity contribution in [2.24, 2.45) is 0 Å². The van der Waals surface area contributed by atoms with E-state index < -0.39 is 6.04 Å². The number of rotatable bonds is 6. The van der Waals surface area contributed by atoms with Crippen molar-refractivity contribution in [2.75, 3.05) is 19.5 Å². The molecule has 2 aromatic rings. The highest BCUT2D eigenvalue weighted by molar-refractivity contribution is 7.99. The lowest BCUT2D eigenvalue weighted by Crippen LogP contribution is -2.44. The summed E-state index contributed by atoms with van der Waals surface area (Å²) in [6.45, 7) is 2.27. The lowest BCUT2D eigenvalue weighted by atomic mass is 10.1. The molecule has 0 bridgehead atoms. The zero-order chi connectivity index (χ0) is 20.1. The van der Waals surface area contributed by atoms with Crippen molar-refractivity contribution in [1.29, 1.82) is 0 Å². The van der Waals surface area contributed by atoms with E-state index in [0.717, 1.165) is 12.0 Å². The predicted octanol–water partition coefficient (Wildman–Crippen LogP) is 4.56. The van der Waals surface area contributed by atoms with Gasteiger partial charge in [-0.1, -0.05) is 36.7 Å². The molecule has 0 saturated carbocycles. The standard InChI is InChI=1S/C21H22ClNO4S/c1-3-12-27-21(25)18-13-28-20(16-6-4-5-7-17(16)22)23(18)19(24)14-8-10-15(26-2)11-9-14/h4-11,18,20H,3,12-13H2,1-2H3/t18-,20+/m0/s1. The van der Waals surface area contributed by atoms with Crippen LogP contribution in [0.1, 0.15) is 34.6 Å². The fraction of sp³-hybridized carbons (Fsp3) is 0.333. The number of halogens is 1. The third-order valence-corrected chi connectivity index (χ3v) is 6.11. The maximum atomic E-state index is 13.4. The van der Waals surface area contributed by atoms with Crippen LogP contribution in [-0.2, 0) is 9.53 Å². The van der Waals surface area contributed by atoms with Crippen molar-refractivity contribution < 1.29 is 19.1 Å². The van der Waals surface area contributed by atoms with E-state index in [1.54, 1.807) is 42.3 Å². The van der Waals surface area contributed by atoms with Gasteiger partial charge in [0.15, 0.2) is 0 Å². The molecular weight excluding hydrogens is 398 g/mol. The van der Waals surface area contributed by atoms with Gasteiger partial charge >= 0.3 is 5.97 Å². The van der Waals surface area contributed by atoms with Crippen LogP contribution in [0.25, 0.3) is 0 Å². The Kier molecular flexibility index (Phi) is 6.86. The Morgan fingerprint density at radius 1 is 1.18 bits per heavy atom. The topological polar surface area (TPSA) is 55.8 Å². The summed E-state index contributed by atoms with van der Waals surface area (Å²) in [6, 6.07) is 13.6. The molecule has 1 aliphatic rings. The molecule has 2 atom stereocenters. The predicted molar refractivity (Wildman–Crippen MR) is 111 cm³/mol. The minimum atomic E-state index is -0.660. The second-order valence-corrected chi connectivity index (χ2v) is 7.85. The summed E-state index contributed by atoms with van der Waals surface area (Å²) in [5.74, 6) is 0.496. The fourth-order valence-corrected chi connectivity index (χ4v) is 4.79. The maximum absolute atomic E-state index is 13.4. The van der Waals surface area contributed by atoms with Gasteiger partial charge < -0.3 is 14.4 Å². The smallest absolute Gasteiger partial charge is 0.329 e. The number of methoxy groups -OCH3 is 1. The Hall–Kier alpha value is -2.18. The van der Waals surface area contributed by atoms with Crippen molar-refractivity contribution in [1.82, 2.24) is 4.90 Å². The Morgan fingerprint density at radius 3 is 2.54 bits per heavy atom. The molecule has 5 nitrogen and oxygen atoms in total. The first-order chi connectivity index (χ1) is 13.6. The Bertz CT molecular complexity index is 843. The lowest BCUT2D eigenvalue weighted by molar-refractivity contribution is -0.148. The number of benzene rings is 2. The van der Waals surface area contributed by atoms with Crippen molar-refractivity contribution in [2.45, 2.75) is 24.8 Å². The van der Waals surface area contributed by atoms with Gasteiger partial charge in [-0.3, -0.25) is 4.79 Å². The molecule has 7 heteroatoms. The number of hydrogen-bond acceptors (Lipinski definition) is 5. The van der Waals surface area contributed by atoms with E-state index in [0.29, 0.717) is 28.7 Å². The minimum Gasteiger partial charge on any atom is -0.497 e. The molecule has 0 spiro atoms. The molecular formula is C21H22ClNO4S. The number of ether oxygens (including phenoxy) is 2. The van der Waals surface area contributed by atoms with Crippen LogP contribution in [0, 0.1) is 0 Å². The average Bonchev–Trinajstić information content (AvgIpc) is 3.16. The molecule has 1 amide bonds. The molecule has 2 aromatic carbocycles. The average molecular weight is 420 g/mol. The van der Waals surface area contributed by atoms with Gasteiger partial charge in [-0.15, -0.1) is 11.8 Å². The van der Waals surface area contributed by atoms with Gasteiger partial charge in [0.25, 0.3) is 5.91 Å². The summed E-state index contributed by atoms with van der Waals surface area (Å²) in [5, 5.41) is 0.206. The molecule has 1 heterocycles. The van der Waals surface area contributed by atoms with Gasteiger partial charge in [-0.2, -0.15) is 0 Å². The number of nitrogens with zero attached hydrogens (tertiary/aromatic N) is 1. The summed E-state index contributed by atoms with van der Waals surface area (Å²) in [7, 11) is 1.57. The van der Waals surface area contributed by atoms with Crippen LogP contribution in [0.3, 0.4) is 0 Å². The van der Waals surface area contributed by atoms with Gasteiger partial charge in [-0.25, -0.2) is 4.79 Å². The fourth-order valence-electron chi connectivity index (χ4n) is 3.03. The van der Waals surface area contributed by atoms with Gasteiger partial charge in [0, 0.05) is 21.9 Å². The van der Waals surface area contributed by atoms with Crippen LogP contribution in [-0.4, -0.2) is 42.3 Å². The van der Waals surface area contributed by atoms with Crippen LogP contribution in [0.5, 0.6) is 5.75 Å². The number of amides is 1. The first kappa shape index (κ1) is 20.6. The monoisotopic (exact) mass is 419 g/mol. The Balaban J connectivity index is 1.95. The highest BCUT2D eigenvalue weighted by Crippen LogP contribution is 2.44. The second kappa shape index (κ2) is 9.34. The SMILES string of the molecule is CCCOC(=O)[C@@H]1CS[C@H](c2ccccc2Cl)N1C(=O)c1ccc(OC)cc1. The quantitative estimate of drug-likeness (QED) is 0.642.